The van der Waals surface area contributed by atoms with Crippen LogP contribution in [0.15, 0.2) is 0 Å². The van der Waals surface area contributed by atoms with Gasteiger partial charge in [-0.3, -0.25) is 9.69 Å². The van der Waals surface area contributed by atoms with Crippen LogP contribution in [0.2, 0.25) is 0 Å². The minimum Gasteiger partial charge on any atom is -0.396 e. The lowest BCUT2D eigenvalue weighted by atomic mass is 9.98. The zero-order chi connectivity index (χ0) is 18.4. The zero-order valence-corrected chi connectivity index (χ0v) is 14.8. The lowest BCUT2D eigenvalue weighted by molar-refractivity contribution is -0.119. The zero-order valence-electron chi connectivity index (χ0n) is 14.8. The number of aliphatic hydroxyl groups is 5. The van der Waals surface area contributed by atoms with Gasteiger partial charge in [0.15, 0.2) is 0 Å². The van der Waals surface area contributed by atoms with Gasteiger partial charge in [-0.15, -0.1) is 0 Å². The molecule has 0 radical (unpaired) electrons. The first-order valence-electron chi connectivity index (χ1n) is 9.56. The SMILES string of the molecule is O=C(CCCCO)CCCCC(O)C1CCC2C(O)C(O)C(CO)N12. The normalized spacial score (nSPS) is 33.6. The molecule has 2 rings (SSSR count). The summed E-state index contributed by atoms with van der Waals surface area (Å²) in [6, 6.07) is -0.871. The maximum atomic E-state index is 11.7. The van der Waals surface area contributed by atoms with E-state index in [-0.39, 0.29) is 31.1 Å². The smallest absolute Gasteiger partial charge is 0.132 e. The van der Waals surface area contributed by atoms with Crippen LogP contribution < -0.4 is 0 Å². The number of hydrogen-bond acceptors (Lipinski definition) is 7. The van der Waals surface area contributed by atoms with E-state index in [9.17, 15) is 25.2 Å². The maximum Gasteiger partial charge on any atom is 0.132 e. The Kier molecular flexibility index (Phi) is 8.25. The van der Waals surface area contributed by atoms with E-state index < -0.39 is 24.4 Å². The fraction of sp³-hybridized carbons (Fsp3) is 0.944. The van der Waals surface area contributed by atoms with E-state index in [1.54, 1.807) is 0 Å². The molecule has 0 aromatic carbocycles. The average molecular weight is 359 g/mol. The standard InChI is InChI=1S/C18H33NO6/c20-10-4-3-6-12(22)5-1-2-7-16(23)13-8-9-14-17(24)18(25)15(11-21)19(13)14/h13-18,20-21,23-25H,1-11H2. The summed E-state index contributed by atoms with van der Waals surface area (Å²) in [5.41, 5.74) is 0. The van der Waals surface area contributed by atoms with Crippen LogP contribution in [-0.4, -0.2) is 85.9 Å². The van der Waals surface area contributed by atoms with Crippen LogP contribution in [0.1, 0.15) is 57.8 Å². The molecule has 2 saturated heterocycles. The van der Waals surface area contributed by atoms with Crippen molar-refractivity contribution in [2.24, 2.45) is 0 Å². The van der Waals surface area contributed by atoms with Gasteiger partial charge in [-0.1, -0.05) is 6.42 Å². The molecule has 0 spiro atoms. The molecule has 0 amide bonds. The molecule has 2 heterocycles. The fourth-order valence-electron chi connectivity index (χ4n) is 4.38. The van der Waals surface area contributed by atoms with Crippen molar-refractivity contribution in [1.29, 1.82) is 0 Å². The second-order valence-electron chi connectivity index (χ2n) is 7.42. The number of nitrogens with zero attached hydrogens (tertiary/aromatic N) is 1. The molecule has 0 saturated carbocycles. The van der Waals surface area contributed by atoms with E-state index in [1.165, 1.54) is 0 Å². The summed E-state index contributed by atoms with van der Waals surface area (Å²) >= 11 is 0. The Hall–Kier alpha value is -0.570. The van der Waals surface area contributed by atoms with Crippen molar-refractivity contribution in [3.63, 3.8) is 0 Å². The first kappa shape index (κ1) is 20.7. The van der Waals surface area contributed by atoms with Crippen molar-refractivity contribution in [3.05, 3.63) is 0 Å². The van der Waals surface area contributed by atoms with Crippen molar-refractivity contribution >= 4 is 5.78 Å². The van der Waals surface area contributed by atoms with E-state index >= 15 is 0 Å². The Morgan fingerprint density at radius 2 is 1.68 bits per heavy atom. The number of Topliss-reactive ketones (excluding diaryl/α,β-unsaturated/α-hetero) is 1. The van der Waals surface area contributed by atoms with Crippen LogP contribution in [0.5, 0.6) is 0 Å². The molecular formula is C18H33NO6. The quantitative estimate of drug-likeness (QED) is 0.317. The molecule has 6 unspecified atom stereocenters. The fourth-order valence-corrected chi connectivity index (χ4v) is 4.38. The number of aliphatic hydroxyl groups excluding tert-OH is 5. The van der Waals surface area contributed by atoms with Gasteiger partial charge in [0.25, 0.3) is 0 Å². The highest BCUT2D eigenvalue weighted by atomic mass is 16.3. The van der Waals surface area contributed by atoms with E-state index in [0.717, 1.165) is 25.7 Å². The molecule has 2 aliphatic heterocycles. The van der Waals surface area contributed by atoms with Crippen LogP contribution >= 0.6 is 0 Å². The predicted octanol–water partition coefficient (Wildman–Crippen LogP) is -0.431. The van der Waals surface area contributed by atoms with E-state index in [1.807, 2.05) is 4.90 Å². The monoisotopic (exact) mass is 359 g/mol. The summed E-state index contributed by atoms with van der Waals surface area (Å²) in [7, 11) is 0. The first-order valence-corrected chi connectivity index (χ1v) is 9.56. The molecule has 0 aromatic heterocycles. The number of ketones is 1. The van der Waals surface area contributed by atoms with Crippen molar-refractivity contribution < 1.29 is 30.3 Å². The second-order valence-corrected chi connectivity index (χ2v) is 7.42. The van der Waals surface area contributed by atoms with E-state index in [4.69, 9.17) is 5.11 Å². The van der Waals surface area contributed by atoms with Gasteiger partial charge >= 0.3 is 0 Å². The van der Waals surface area contributed by atoms with Gasteiger partial charge in [-0.25, -0.2) is 0 Å². The number of hydrogen-bond donors (Lipinski definition) is 5. The third-order valence-corrected chi connectivity index (χ3v) is 5.75. The van der Waals surface area contributed by atoms with Crippen LogP contribution in [0.4, 0.5) is 0 Å². The Morgan fingerprint density at radius 3 is 2.32 bits per heavy atom. The second kappa shape index (κ2) is 9.94. The Bertz CT molecular complexity index is 418. The summed E-state index contributed by atoms with van der Waals surface area (Å²) in [6.07, 6.45) is 3.48. The van der Waals surface area contributed by atoms with Gasteiger partial charge in [0.2, 0.25) is 0 Å². The highest BCUT2D eigenvalue weighted by molar-refractivity contribution is 5.78. The summed E-state index contributed by atoms with van der Waals surface area (Å²) in [5, 5.41) is 48.9. The third-order valence-electron chi connectivity index (χ3n) is 5.75. The summed E-state index contributed by atoms with van der Waals surface area (Å²) in [4.78, 5) is 13.6. The Labute approximate surface area is 149 Å². The molecule has 0 aliphatic carbocycles. The van der Waals surface area contributed by atoms with Crippen molar-refractivity contribution in [2.45, 2.75) is 94.2 Å². The van der Waals surface area contributed by atoms with Crippen LogP contribution in [-0.2, 0) is 4.79 Å². The lowest BCUT2D eigenvalue weighted by Crippen LogP contribution is -2.48. The molecule has 146 valence electrons. The Morgan fingerprint density at radius 1 is 1.00 bits per heavy atom. The van der Waals surface area contributed by atoms with Gasteiger partial charge in [-0.05, 0) is 38.5 Å². The van der Waals surface area contributed by atoms with Crippen LogP contribution in [0, 0.1) is 0 Å². The number of fused-ring (bicyclic) bond motifs is 1. The van der Waals surface area contributed by atoms with Crippen molar-refractivity contribution in [3.8, 4) is 0 Å². The summed E-state index contributed by atoms with van der Waals surface area (Å²) < 4.78 is 0. The van der Waals surface area contributed by atoms with Gasteiger partial charge < -0.3 is 25.5 Å². The Balaban J connectivity index is 1.72. The van der Waals surface area contributed by atoms with Gasteiger partial charge in [-0.2, -0.15) is 0 Å². The molecular weight excluding hydrogens is 326 g/mol. The summed E-state index contributed by atoms with van der Waals surface area (Å²) in [5.74, 6) is 0.204. The molecule has 6 atom stereocenters. The largest absolute Gasteiger partial charge is 0.396 e. The first-order chi connectivity index (χ1) is 12.0. The molecule has 5 N–H and O–H groups in total. The number of carbonyl (C=O) groups is 1. The summed E-state index contributed by atoms with van der Waals surface area (Å²) in [6.45, 7) is -0.114. The minimum atomic E-state index is -0.971. The van der Waals surface area contributed by atoms with E-state index in [0.29, 0.717) is 32.1 Å². The molecule has 2 aliphatic rings. The van der Waals surface area contributed by atoms with Crippen molar-refractivity contribution in [1.82, 2.24) is 4.90 Å². The highest BCUT2D eigenvalue weighted by Crippen LogP contribution is 2.39. The molecule has 2 fully saturated rings. The number of carbonyl (C=O) groups excluding carboxylic acids is 1. The average Bonchev–Trinajstić information content (AvgIpc) is 3.12. The maximum absolute atomic E-state index is 11.7. The topological polar surface area (TPSA) is 121 Å². The predicted molar refractivity (Wildman–Crippen MR) is 92.0 cm³/mol. The van der Waals surface area contributed by atoms with Crippen LogP contribution in [0.25, 0.3) is 0 Å². The molecule has 0 bridgehead atoms. The molecule has 0 aromatic rings. The van der Waals surface area contributed by atoms with Gasteiger partial charge in [0, 0.05) is 31.5 Å². The highest BCUT2D eigenvalue weighted by Gasteiger charge is 2.54. The lowest BCUT2D eigenvalue weighted by Gasteiger charge is -2.33. The number of unbranched alkanes of at least 4 members (excludes halogenated alkanes) is 2. The minimum absolute atomic E-state index is 0.122. The number of rotatable bonds is 11. The van der Waals surface area contributed by atoms with Gasteiger partial charge in [0.05, 0.1) is 31.0 Å². The van der Waals surface area contributed by atoms with Gasteiger partial charge in [0.1, 0.15) is 5.78 Å². The molecule has 7 heteroatoms. The van der Waals surface area contributed by atoms with Crippen molar-refractivity contribution in [2.75, 3.05) is 13.2 Å². The molecule has 25 heavy (non-hydrogen) atoms. The van der Waals surface area contributed by atoms with Crippen LogP contribution in [0.3, 0.4) is 0 Å². The molecule has 7 nitrogen and oxygen atoms in total. The van der Waals surface area contributed by atoms with E-state index in [2.05, 4.69) is 0 Å². The third kappa shape index (κ3) is 4.99.